The number of piperidine rings is 1. The third-order valence-corrected chi connectivity index (χ3v) is 5.67. The van der Waals surface area contributed by atoms with Gasteiger partial charge in [-0.15, -0.1) is 0 Å². The lowest BCUT2D eigenvalue weighted by molar-refractivity contribution is -0.126. The van der Waals surface area contributed by atoms with Crippen molar-refractivity contribution in [3.63, 3.8) is 0 Å². The molecular weight excluding hydrogens is 335 g/mol. The van der Waals surface area contributed by atoms with Gasteiger partial charge in [0.2, 0.25) is 5.91 Å². The van der Waals surface area contributed by atoms with Crippen LogP contribution >= 0.6 is 0 Å². The lowest BCUT2D eigenvalue weighted by Crippen LogP contribution is -2.52. The highest BCUT2D eigenvalue weighted by molar-refractivity contribution is 5.78. The van der Waals surface area contributed by atoms with Crippen molar-refractivity contribution in [3.8, 4) is 0 Å². The van der Waals surface area contributed by atoms with Gasteiger partial charge in [-0.2, -0.15) is 0 Å². The molecule has 2 aromatic rings. The summed E-state index contributed by atoms with van der Waals surface area (Å²) in [6, 6.07) is 10.1. The van der Waals surface area contributed by atoms with Gasteiger partial charge in [-0.05, 0) is 55.5 Å². The Bertz CT molecular complexity index is 746. The predicted octanol–water partition coefficient (Wildman–Crippen LogP) is 2.55. The minimum absolute atomic E-state index is 0.0366. The van der Waals surface area contributed by atoms with E-state index in [1.807, 2.05) is 6.07 Å². The van der Waals surface area contributed by atoms with Crippen molar-refractivity contribution >= 4 is 5.91 Å². The van der Waals surface area contributed by atoms with Crippen LogP contribution < -0.4 is 5.32 Å². The molecule has 6 heteroatoms. The fourth-order valence-corrected chi connectivity index (χ4v) is 4.39. The van der Waals surface area contributed by atoms with Crippen LogP contribution in [0.3, 0.4) is 0 Å². The first-order valence-corrected chi connectivity index (χ1v) is 9.07. The van der Waals surface area contributed by atoms with Gasteiger partial charge >= 0.3 is 0 Å². The molecule has 5 nitrogen and oxygen atoms in total. The molecule has 138 valence electrons. The van der Waals surface area contributed by atoms with Gasteiger partial charge in [0.1, 0.15) is 11.6 Å². The second-order valence-electron chi connectivity index (χ2n) is 7.36. The number of rotatable bonds is 5. The Morgan fingerprint density at radius 1 is 1.23 bits per heavy atom. The van der Waals surface area contributed by atoms with Crippen molar-refractivity contribution in [3.05, 3.63) is 59.8 Å². The van der Waals surface area contributed by atoms with Crippen LogP contribution in [0.15, 0.2) is 47.1 Å². The maximum absolute atomic E-state index is 13.2. The highest BCUT2D eigenvalue weighted by Gasteiger charge is 2.48. The Morgan fingerprint density at radius 3 is 2.54 bits per heavy atom. The number of nitrogens with zero attached hydrogens (tertiary/aromatic N) is 1. The molecule has 1 amide bonds. The number of aliphatic hydroxyl groups is 1. The summed E-state index contributed by atoms with van der Waals surface area (Å²) in [6.45, 7) is 0.712. The van der Waals surface area contributed by atoms with Gasteiger partial charge in [0.25, 0.3) is 0 Å². The average Bonchev–Trinajstić information content (AvgIpc) is 3.21. The molecule has 1 aromatic carbocycles. The molecule has 2 saturated heterocycles. The summed E-state index contributed by atoms with van der Waals surface area (Å²) in [5.74, 6) is 0.391. The fourth-order valence-electron chi connectivity index (χ4n) is 4.39. The lowest BCUT2D eigenvalue weighted by Gasteiger charge is -2.43. The Labute approximate surface area is 151 Å². The summed E-state index contributed by atoms with van der Waals surface area (Å²) in [5, 5.41) is 14.0. The van der Waals surface area contributed by atoms with Crippen LogP contribution in [0.1, 0.15) is 37.0 Å². The molecule has 3 atom stereocenters. The standard InChI is InChI=1S/C20H23FN2O3/c21-15-5-3-14(4-6-15)20(25)10-16-7-8-17(11-20)23(16)13-19(24)22-12-18-2-1-9-26-18/h1-6,9,16-17,25H,7-8,10-13H2,(H,22,24)/t16-,17+,20?. The van der Waals surface area contributed by atoms with E-state index in [2.05, 4.69) is 10.2 Å². The van der Waals surface area contributed by atoms with E-state index < -0.39 is 5.60 Å². The normalized spacial score (nSPS) is 28.2. The first-order valence-electron chi connectivity index (χ1n) is 9.07. The Hall–Kier alpha value is -2.18. The maximum atomic E-state index is 13.2. The van der Waals surface area contributed by atoms with E-state index in [0.717, 1.165) is 24.2 Å². The molecule has 0 aliphatic carbocycles. The minimum atomic E-state index is -0.944. The SMILES string of the molecule is O=C(CN1[C@@H]2CC[C@H]1CC(O)(c1ccc(F)cc1)C2)NCc1ccco1. The van der Waals surface area contributed by atoms with E-state index >= 15 is 0 Å². The molecule has 2 aliphatic rings. The largest absolute Gasteiger partial charge is 0.467 e. The number of hydrogen-bond acceptors (Lipinski definition) is 4. The highest BCUT2D eigenvalue weighted by atomic mass is 19.1. The molecule has 26 heavy (non-hydrogen) atoms. The van der Waals surface area contributed by atoms with E-state index in [0.29, 0.717) is 25.9 Å². The first kappa shape index (κ1) is 17.2. The highest BCUT2D eigenvalue weighted by Crippen LogP contribution is 2.45. The number of benzene rings is 1. The van der Waals surface area contributed by atoms with Crippen molar-refractivity contribution in [2.24, 2.45) is 0 Å². The maximum Gasteiger partial charge on any atom is 0.234 e. The second kappa shape index (κ2) is 6.85. The van der Waals surface area contributed by atoms with Crippen LogP contribution in [-0.2, 0) is 16.9 Å². The molecule has 0 radical (unpaired) electrons. The Balaban J connectivity index is 1.39. The molecule has 1 aromatic heterocycles. The van der Waals surface area contributed by atoms with Crippen molar-refractivity contribution < 1.29 is 18.7 Å². The molecular formula is C20H23FN2O3. The zero-order valence-electron chi connectivity index (χ0n) is 14.5. The average molecular weight is 358 g/mol. The first-order chi connectivity index (χ1) is 12.5. The Kier molecular flexibility index (Phi) is 4.54. The molecule has 0 saturated carbocycles. The number of carbonyl (C=O) groups excluding carboxylic acids is 1. The van der Waals surface area contributed by atoms with E-state index in [4.69, 9.17) is 4.42 Å². The summed E-state index contributed by atoms with van der Waals surface area (Å²) in [6.07, 6.45) is 4.67. The molecule has 4 rings (SSSR count). The summed E-state index contributed by atoms with van der Waals surface area (Å²) < 4.78 is 18.4. The predicted molar refractivity (Wildman–Crippen MR) is 93.6 cm³/mol. The van der Waals surface area contributed by atoms with Crippen LogP contribution in [0.5, 0.6) is 0 Å². The number of fused-ring (bicyclic) bond motifs is 2. The number of carbonyl (C=O) groups is 1. The summed E-state index contributed by atoms with van der Waals surface area (Å²) in [4.78, 5) is 14.5. The molecule has 0 spiro atoms. The van der Waals surface area contributed by atoms with Gasteiger partial charge in [0.05, 0.1) is 25.0 Å². The van der Waals surface area contributed by atoms with Gasteiger partial charge in [0, 0.05) is 12.1 Å². The smallest absolute Gasteiger partial charge is 0.234 e. The number of furan rings is 1. The zero-order chi connectivity index (χ0) is 18.1. The number of halogens is 1. The molecule has 2 N–H and O–H groups in total. The van der Waals surface area contributed by atoms with Crippen molar-refractivity contribution in [1.82, 2.24) is 10.2 Å². The minimum Gasteiger partial charge on any atom is -0.467 e. The number of nitrogens with one attached hydrogen (secondary N) is 1. The molecule has 2 fully saturated rings. The zero-order valence-corrected chi connectivity index (χ0v) is 14.5. The second-order valence-corrected chi connectivity index (χ2v) is 7.36. The van der Waals surface area contributed by atoms with E-state index in [9.17, 15) is 14.3 Å². The lowest BCUT2D eigenvalue weighted by atomic mass is 9.80. The molecule has 3 heterocycles. The summed E-state index contributed by atoms with van der Waals surface area (Å²) in [7, 11) is 0. The van der Waals surface area contributed by atoms with Crippen molar-refractivity contribution in [2.45, 2.75) is 49.9 Å². The fraction of sp³-hybridized carbons (Fsp3) is 0.450. The molecule has 1 unspecified atom stereocenters. The Morgan fingerprint density at radius 2 is 1.92 bits per heavy atom. The monoisotopic (exact) mass is 358 g/mol. The third kappa shape index (κ3) is 3.39. The van der Waals surface area contributed by atoms with Gasteiger partial charge < -0.3 is 14.8 Å². The number of amides is 1. The van der Waals surface area contributed by atoms with Crippen LogP contribution in [-0.4, -0.2) is 34.5 Å². The summed E-state index contributed by atoms with van der Waals surface area (Å²) in [5.41, 5.74) is -0.182. The van der Waals surface area contributed by atoms with E-state index in [1.165, 1.54) is 12.1 Å². The number of hydrogen-bond donors (Lipinski definition) is 2. The summed E-state index contributed by atoms with van der Waals surface area (Å²) >= 11 is 0. The van der Waals surface area contributed by atoms with Gasteiger partial charge in [-0.1, -0.05) is 12.1 Å². The molecule has 2 bridgehead atoms. The van der Waals surface area contributed by atoms with Crippen molar-refractivity contribution in [1.29, 1.82) is 0 Å². The van der Waals surface area contributed by atoms with Crippen LogP contribution in [0.2, 0.25) is 0 Å². The third-order valence-electron chi connectivity index (χ3n) is 5.67. The van der Waals surface area contributed by atoms with Crippen LogP contribution in [0.25, 0.3) is 0 Å². The van der Waals surface area contributed by atoms with E-state index in [-0.39, 0.29) is 23.8 Å². The van der Waals surface area contributed by atoms with Crippen LogP contribution in [0.4, 0.5) is 4.39 Å². The van der Waals surface area contributed by atoms with Crippen molar-refractivity contribution in [2.75, 3.05) is 6.54 Å². The molecule has 2 aliphatic heterocycles. The van der Waals surface area contributed by atoms with E-state index in [1.54, 1.807) is 24.5 Å². The van der Waals surface area contributed by atoms with Gasteiger partial charge in [-0.3, -0.25) is 9.69 Å². The topological polar surface area (TPSA) is 65.7 Å². The van der Waals surface area contributed by atoms with Gasteiger partial charge in [-0.25, -0.2) is 4.39 Å². The van der Waals surface area contributed by atoms with Gasteiger partial charge in [0.15, 0.2) is 0 Å². The van der Waals surface area contributed by atoms with Crippen LogP contribution in [0, 0.1) is 5.82 Å². The quantitative estimate of drug-likeness (QED) is 0.862.